The SMILES string of the molecule is C=CCC1(F)CCN(C(=O)c2ccc(COc3nn4c(-c5cc(COC)on5)nnc4c4ccccc34)nc2)C1. The number of hydrogen-bond donors (Lipinski definition) is 0. The van der Waals surface area contributed by atoms with Crippen LogP contribution in [0, 0.1) is 0 Å². The zero-order chi connectivity index (χ0) is 27.7. The lowest BCUT2D eigenvalue weighted by Crippen LogP contribution is -2.33. The number of alkyl halides is 1. The number of allylic oxidation sites excluding steroid dienone is 1. The van der Waals surface area contributed by atoms with Crippen molar-refractivity contribution in [2.45, 2.75) is 31.7 Å². The number of amides is 1. The Balaban J connectivity index is 1.23. The molecule has 1 aliphatic heterocycles. The first-order valence-electron chi connectivity index (χ1n) is 12.7. The first-order chi connectivity index (χ1) is 19.5. The van der Waals surface area contributed by atoms with E-state index in [-0.39, 0.29) is 32.1 Å². The smallest absolute Gasteiger partial charge is 0.255 e. The standard InChI is InChI=1S/C28H26FN7O4/c1-3-10-28(29)11-12-35(17-28)27(37)18-8-9-19(30-14-18)15-39-26-22-7-5-4-6-21(22)24-31-32-25(36(24)33-26)23-13-20(16-38-2)40-34-23/h3-9,13-14H,1,10-12,15-17H2,2H3. The quantitative estimate of drug-likeness (QED) is 0.252. The van der Waals surface area contributed by atoms with E-state index < -0.39 is 5.67 Å². The lowest BCUT2D eigenvalue weighted by molar-refractivity contribution is 0.0753. The van der Waals surface area contributed by atoms with Crippen LogP contribution in [0.15, 0.2) is 65.8 Å². The van der Waals surface area contributed by atoms with Crippen molar-refractivity contribution < 1.29 is 23.2 Å². The molecule has 0 bridgehead atoms. The molecule has 11 nitrogen and oxygen atoms in total. The highest BCUT2D eigenvalue weighted by atomic mass is 19.1. The molecule has 1 saturated heterocycles. The number of ether oxygens (including phenoxy) is 2. The van der Waals surface area contributed by atoms with E-state index in [1.807, 2.05) is 24.3 Å². The van der Waals surface area contributed by atoms with Crippen LogP contribution in [0.25, 0.3) is 27.9 Å². The zero-order valence-corrected chi connectivity index (χ0v) is 21.8. The number of nitrogens with zero attached hydrogens (tertiary/aromatic N) is 7. The second-order valence-electron chi connectivity index (χ2n) is 9.67. The van der Waals surface area contributed by atoms with E-state index in [4.69, 9.17) is 14.0 Å². The molecule has 1 unspecified atom stereocenters. The average molecular weight is 544 g/mol. The Labute approximate surface area is 228 Å². The first kappa shape index (κ1) is 25.6. The Hall–Kier alpha value is -4.71. The normalized spacial score (nSPS) is 17.1. The molecular formula is C28H26FN7O4. The van der Waals surface area contributed by atoms with Gasteiger partial charge in [0.2, 0.25) is 11.7 Å². The van der Waals surface area contributed by atoms with Gasteiger partial charge in [-0.05, 0) is 18.2 Å². The molecule has 6 rings (SSSR count). The largest absolute Gasteiger partial charge is 0.470 e. The van der Waals surface area contributed by atoms with Gasteiger partial charge >= 0.3 is 0 Å². The summed E-state index contributed by atoms with van der Waals surface area (Å²) in [5.74, 6) is 1.05. The Morgan fingerprint density at radius 3 is 2.83 bits per heavy atom. The molecule has 204 valence electrons. The molecule has 40 heavy (non-hydrogen) atoms. The van der Waals surface area contributed by atoms with Crippen molar-refractivity contribution in [3.8, 4) is 17.4 Å². The number of likely N-dealkylation sites (tertiary alicyclic amines) is 1. The molecule has 5 aromatic rings. The minimum atomic E-state index is -1.42. The van der Waals surface area contributed by atoms with Crippen LogP contribution in [-0.4, -0.2) is 66.6 Å². The van der Waals surface area contributed by atoms with Crippen LogP contribution < -0.4 is 4.74 Å². The summed E-state index contributed by atoms with van der Waals surface area (Å²) in [5, 5.41) is 18.9. The molecule has 12 heteroatoms. The molecule has 1 fully saturated rings. The van der Waals surface area contributed by atoms with Gasteiger partial charge in [0.05, 0.1) is 17.8 Å². The number of carbonyl (C=O) groups excluding carboxylic acids is 1. The summed E-state index contributed by atoms with van der Waals surface area (Å²) >= 11 is 0. The summed E-state index contributed by atoms with van der Waals surface area (Å²) in [6.07, 6.45) is 3.57. The molecule has 0 N–H and O–H groups in total. The molecule has 0 radical (unpaired) electrons. The highest BCUT2D eigenvalue weighted by Gasteiger charge is 2.39. The van der Waals surface area contributed by atoms with Crippen LogP contribution in [0.3, 0.4) is 0 Å². The molecule has 1 aliphatic rings. The fraction of sp³-hybridized carbons (Fsp3) is 0.286. The molecule has 1 amide bonds. The van der Waals surface area contributed by atoms with Gasteiger partial charge in [-0.15, -0.1) is 21.9 Å². The maximum absolute atomic E-state index is 14.8. The van der Waals surface area contributed by atoms with Crippen LogP contribution in [0.1, 0.15) is 34.7 Å². The lowest BCUT2D eigenvalue weighted by atomic mass is 10.0. The zero-order valence-electron chi connectivity index (χ0n) is 21.8. The van der Waals surface area contributed by atoms with Crippen LogP contribution >= 0.6 is 0 Å². The van der Waals surface area contributed by atoms with Crippen LogP contribution in [0.2, 0.25) is 0 Å². The maximum atomic E-state index is 14.8. The number of hydrogen-bond acceptors (Lipinski definition) is 9. The van der Waals surface area contributed by atoms with E-state index in [2.05, 4.69) is 32.0 Å². The van der Waals surface area contributed by atoms with Gasteiger partial charge < -0.3 is 18.9 Å². The predicted octanol–water partition coefficient (Wildman–Crippen LogP) is 4.18. The number of halogens is 1. The number of benzene rings is 1. The second kappa shape index (κ2) is 10.5. The minimum Gasteiger partial charge on any atom is -0.470 e. The van der Waals surface area contributed by atoms with Gasteiger partial charge in [0, 0.05) is 49.5 Å². The Morgan fingerprint density at radius 1 is 1.20 bits per heavy atom. The fourth-order valence-corrected chi connectivity index (χ4v) is 4.84. The summed E-state index contributed by atoms with van der Waals surface area (Å²) in [6.45, 7) is 4.41. The average Bonchev–Trinajstić information content (AvgIpc) is 3.71. The third-order valence-corrected chi connectivity index (χ3v) is 6.83. The monoisotopic (exact) mass is 543 g/mol. The third-order valence-electron chi connectivity index (χ3n) is 6.83. The first-order valence-corrected chi connectivity index (χ1v) is 12.7. The number of pyridine rings is 1. The summed E-state index contributed by atoms with van der Waals surface area (Å²) in [4.78, 5) is 18.8. The highest BCUT2D eigenvalue weighted by Crippen LogP contribution is 2.31. The van der Waals surface area contributed by atoms with Crippen molar-refractivity contribution in [2.75, 3.05) is 20.2 Å². The molecule has 0 spiro atoms. The van der Waals surface area contributed by atoms with Gasteiger partial charge in [0.15, 0.2) is 17.1 Å². The predicted molar refractivity (Wildman–Crippen MR) is 142 cm³/mol. The Morgan fingerprint density at radius 2 is 2.05 bits per heavy atom. The maximum Gasteiger partial charge on any atom is 0.255 e. The summed E-state index contributed by atoms with van der Waals surface area (Å²) in [6, 6.07) is 12.7. The van der Waals surface area contributed by atoms with Gasteiger partial charge in [0.1, 0.15) is 18.9 Å². The highest BCUT2D eigenvalue weighted by molar-refractivity contribution is 5.97. The second-order valence-corrected chi connectivity index (χ2v) is 9.67. The molecule has 0 aliphatic carbocycles. The van der Waals surface area contributed by atoms with Crippen molar-refractivity contribution >= 4 is 22.3 Å². The van der Waals surface area contributed by atoms with Crippen molar-refractivity contribution in [3.63, 3.8) is 0 Å². The van der Waals surface area contributed by atoms with E-state index >= 15 is 0 Å². The Bertz CT molecular complexity index is 1700. The topological polar surface area (TPSA) is 121 Å². The minimum absolute atomic E-state index is 0.0526. The van der Waals surface area contributed by atoms with Crippen molar-refractivity contribution in [1.82, 2.24) is 34.9 Å². The van der Waals surface area contributed by atoms with Gasteiger partial charge in [-0.2, -0.15) is 4.52 Å². The number of fused-ring (bicyclic) bond motifs is 3. The van der Waals surface area contributed by atoms with Gasteiger partial charge in [0.25, 0.3) is 5.91 Å². The van der Waals surface area contributed by atoms with Crippen molar-refractivity contribution in [1.29, 1.82) is 0 Å². The van der Waals surface area contributed by atoms with Gasteiger partial charge in [-0.1, -0.05) is 29.4 Å². The van der Waals surface area contributed by atoms with Crippen molar-refractivity contribution in [2.24, 2.45) is 0 Å². The number of rotatable bonds is 9. The molecule has 4 aromatic heterocycles. The molecule has 0 saturated carbocycles. The Kier molecular flexibility index (Phi) is 6.68. The van der Waals surface area contributed by atoms with Gasteiger partial charge in [-0.25, -0.2) is 4.39 Å². The summed E-state index contributed by atoms with van der Waals surface area (Å²) < 4.78 is 32.9. The number of carbonyl (C=O) groups is 1. The van der Waals surface area contributed by atoms with Crippen LogP contribution in [0.5, 0.6) is 5.88 Å². The molecule has 1 atom stereocenters. The number of methoxy groups -OCH3 is 1. The van der Waals surface area contributed by atoms with E-state index in [1.165, 1.54) is 11.1 Å². The van der Waals surface area contributed by atoms with Gasteiger partial charge in [-0.3, -0.25) is 9.78 Å². The molecule has 1 aromatic carbocycles. The summed E-state index contributed by atoms with van der Waals surface area (Å²) in [7, 11) is 1.57. The third kappa shape index (κ3) is 4.77. The molecular weight excluding hydrogens is 517 g/mol. The van der Waals surface area contributed by atoms with Crippen LogP contribution in [-0.2, 0) is 18.0 Å². The van der Waals surface area contributed by atoms with Crippen LogP contribution in [0.4, 0.5) is 4.39 Å². The number of aromatic nitrogens is 6. The van der Waals surface area contributed by atoms with E-state index in [0.717, 1.165) is 10.8 Å². The van der Waals surface area contributed by atoms with Crippen molar-refractivity contribution in [3.05, 3.63) is 78.3 Å². The fourth-order valence-electron chi connectivity index (χ4n) is 4.84. The van der Waals surface area contributed by atoms with E-state index in [9.17, 15) is 9.18 Å². The van der Waals surface area contributed by atoms with E-state index in [0.29, 0.717) is 53.0 Å². The lowest BCUT2D eigenvalue weighted by Gasteiger charge is -2.19. The molecule has 5 heterocycles. The summed E-state index contributed by atoms with van der Waals surface area (Å²) in [5.41, 5.74) is 0.580. The van der Waals surface area contributed by atoms with E-state index in [1.54, 1.807) is 35.9 Å².